The van der Waals surface area contributed by atoms with E-state index < -0.39 is 5.97 Å². The third kappa shape index (κ3) is 3.18. The zero-order valence-electron chi connectivity index (χ0n) is 10.4. The fourth-order valence-corrected chi connectivity index (χ4v) is 2.67. The van der Waals surface area contributed by atoms with Crippen LogP contribution in [-0.4, -0.2) is 17.6 Å². The largest absolute Gasteiger partial charge is 0.481 e. The van der Waals surface area contributed by atoms with Crippen molar-refractivity contribution in [1.82, 2.24) is 0 Å². The molecule has 5 heteroatoms. The average Bonchev–Trinajstić information content (AvgIpc) is 2.33. The van der Waals surface area contributed by atoms with Crippen molar-refractivity contribution >= 4 is 23.3 Å². The molecule has 0 atom stereocenters. The van der Waals surface area contributed by atoms with Gasteiger partial charge < -0.3 is 10.4 Å². The van der Waals surface area contributed by atoms with Gasteiger partial charge in [-0.1, -0.05) is 18.0 Å². The van der Waals surface area contributed by atoms with Crippen LogP contribution in [0.1, 0.15) is 31.2 Å². The lowest BCUT2D eigenvalue weighted by atomic mass is 9.66. The van der Waals surface area contributed by atoms with Gasteiger partial charge in [-0.05, 0) is 36.5 Å². The van der Waals surface area contributed by atoms with Crippen LogP contribution in [0.5, 0.6) is 0 Å². The molecule has 0 aliphatic heterocycles. The lowest BCUT2D eigenvalue weighted by molar-refractivity contribution is -0.141. The van der Waals surface area contributed by atoms with Gasteiger partial charge in [0, 0.05) is 6.54 Å². The van der Waals surface area contributed by atoms with Crippen LogP contribution in [0.2, 0.25) is 5.02 Å². The van der Waals surface area contributed by atoms with Crippen molar-refractivity contribution in [3.63, 3.8) is 0 Å². The molecule has 100 valence electrons. The number of nitriles is 1. The molecule has 0 spiro atoms. The van der Waals surface area contributed by atoms with Gasteiger partial charge in [-0.25, -0.2) is 0 Å². The van der Waals surface area contributed by atoms with Gasteiger partial charge in [-0.15, -0.1) is 0 Å². The van der Waals surface area contributed by atoms with Gasteiger partial charge in [-0.2, -0.15) is 5.26 Å². The summed E-state index contributed by atoms with van der Waals surface area (Å²) >= 11 is 6.07. The molecule has 19 heavy (non-hydrogen) atoms. The first-order chi connectivity index (χ1) is 9.04. The normalized spacial score (nSPS) is 16.2. The van der Waals surface area contributed by atoms with Crippen molar-refractivity contribution in [2.24, 2.45) is 5.41 Å². The molecule has 0 bridgehead atoms. The number of anilines is 1. The molecule has 0 aromatic heterocycles. The molecule has 2 N–H and O–H groups in total. The van der Waals surface area contributed by atoms with E-state index in [0.717, 1.165) is 24.9 Å². The second-order valence-corrected chi connectivity index (χ2v) is 5.49. The van der Waals surface area contributed by atoms with Crippen LogP contribution in [0.15, 0.2) is 18.2 Å². The molecular formula is C14H15ClN2O2. The van der Waals surface area contributed by atoms with Gasteiger partial charge in [0.05, 0.1) is 28.8 Å². The number of carbonyl (C=O) groups is 1. The first-order valence-electron chi connectivity index (χ1n) is 6.20. The Morgan fingerprint density at radius 1 is 1.53 bits per heavy atom. The van der Waals surface area contributed by atoms with Crippen molar-refractivity contribution in [3.8, 4) is 6.07 Å². The predicted octanol–water partition coefficient (Wildman–Crippen LogP) is 3.27. The molecule has 1 aromatic carbocycles. The van der Waals surface area contributed by atoms with Crippen LogP contribution in [0.4, 0.5) is 5.69 Å². The molecule has 1 aliphatic rings. The Kier molecular flexibility index (Phi) is 3.96. The maximum Gasteiger partial charge on any atom is 0.303 e. The van der Waals surface area contributed by atoms with E-state index in [-0.39, 0.29) is 11.8 Å². The van der Waals surface area contributed by atoms with Crippen molar-refractivity contribution in [3.05, 3.63) is 28.8 Å². The summed E-state index contributed by atoms with van der Waals surface area (Å²) in [5, 5.41) is 21.4. The maximum atomic E-state index is 10.9. The summed E-state index contributed by atoms with van der Waals surface area (Å²) in [6, 6.07) is 7.08. The van der Waals surface area contributed by atoms with Crippen LogP contribution in [0.3, 0.4) is 0 Å². The summed E-state index contributed by atoms with van der Waals surface area (Å²) in [7, 11) is 0. The highest BCUT2D eigenvalue weighted by Gasteiger charge is 2.38. The second-order valence-electron chi connectivity index (χ2n) is 5.08. The van der Waals surface area contributed by atoms with Gasteiger partial charge in [0.1, 0.15) is 0 Å². The van der Waals surface area contributed by atoms with Crippen LogP contribution in [-0.2, 0) is 4.79 Å². The number of nitrogens with zero attached hydrogens (tertiary/aromatic N) is 1. The number of benzene rings is 1. The summed E-state index contributed by atoms with van der Waals surface area (Å²) in [5.41, 5.74) is 1.11. The van der Waals surface area contributed by atoms with Crippen LogP contribution in [0, 0.1) is 16.7 Å². The molecule has 0 unspecified atom stereocenters. The first-order valence-corrected chi connectivity index (χ1v) is 6.58. The fourth-order valence-electron chi connectivity index (χ4n) is 2.42. The maximum absolute atomic E-state index is 10.9. The molecule has 0 amide bonds. The lowest BCUT2D eigenvalue weighted by Gasteiger charge is -2.41. The van der Waals surface area contributed by atoms with Crippen molar-refractivity contribution < 1.29 is 9.90 Å². The topological polar surface area (TPSA) is 73.1 Å². The Morgan fingerprint density at radius 2 is 2.26 bits per heavy atom. The van der Waals surface area contributed by atoms with E-state index in [9.17, 15) is 4.79 Å². The monoisotopic (exact) mass is 278 g/mol. The van der Waals surface area contributed by atoms with Crippen LogP contribution < -0.4 is 5.32 Å². The molecule has 1 aliphatic carbocycles. The number of nitrogens with one attached hydrogen (secondary N) is 1. The minimum absolute atomic E-state index is 0.150. The van der Waals surface area contributed by atoms with Crippen molar-refractivity contribution in [1.29, 1.82) is 5.26 Å². The Balaban J connectivity index is 2.02. The van der Waals surface area contributed by atoms with Gasteiger partial charge in [0.25, 0.3) is 0 Å². The van der Waals surface area contributed by atoms with Crippen LogP contribution in [0.25, 0.3) is 0 Å². The Bertz CT molecular complexity index is 533. The summed E-state index contributed by atoms with van der Waals surface area (Å²) in [5.74, 6) is -0.757. The van der Waals surface area contributed by atoms with E-state index >= 15 is 0 Å². The summed E-state index contributed by atoms with van der Waals surface area (Å²) in [4.78, 5) is 10.9. The van der Waals surface area contributed by atoms with Gasteiger partial charge in [0.2, 0.25) is 0 Å². The van der Waals surface area contributed by atoms with Crippen molar-refractivity contribution in [2.45, 2.75) is 25.7 Å². The predicted molar refractivity (Wildman–Crippen MR) is 73.2 cm³/mol. The molecule has 1 fully saturated rings. The highest BCUT2D eigenvalue weighted by Crippen LogP contribution is 2.44. The summed E-state index contributed by atoms with van der Waals surface area (Å²) < 4.78 is 0. The number of hydrogen-bond donors (Lipinski definition) is 2. The molecule has 0 heterocycles. The molecule has 0 saturated heterocycles. The van der Waals surface area contributed by atoms with Crippen molar-refractivity contribution in [2.75, 3.05) is 11.9 Å². The van der Waals surface area contributed by atoms with E-state index in [1.165, 1.54) is 0 Å². The van der Waals surface area contributed by atoms with E-state index in [4.69, 9.17) is 22.0 Å². The number of aliphatic carboxylic acids is 1. The molecule has 2 rings (SSSR count). The number of hydrogen-bond acceptors (Lipinski definition) is 3. The molecular weight excluding hydrogens is 264 g/mol. The van der Waals surface area contributed by atoms with Gasteiger partial charge >= 0.3 is 5.97 Å². The van der Waals surface area contributed by atoms with E-state index in [2.05, 4.69) is 5.32 Å². The minimum Gasteiger partial charge on any atom is -0.481 e. The van der Waals surface area contributed by atoms with Gasteiger partial charge in [0.15, 0.2) is 0 Å². The number of carboxylic acid groups (broad SMARTS) is 1. The SMILES string of the molecule is N#Cc1ccc(NCC2(CC(=O)O)CCC2)c(Cl)c1. The first kappa shape index (κ1) is 13.7. The highest BCUT2D eigenvalue weighted by molar-refractivity contribution is 6.33. The highest BCUT2D eigenvalue weighted by atomic mass is 35.5. The Hall–Kier alpha value is -1.73. The number of halogens is 1. The summed E-state index contributed by atoms with van der Waals surface area (Å²) in [6.45, 7) is 0.602. The quantitative estimate of drug-likeness (QED) is 0.867. The summed E-state index contributed by atoms with van der Waals surface area (Å²) in [6.07, 6.45) is 3.13. The third-order valence-electron chi connectivity index (χ3n) is 3.69. The average molecular weight is 279 g/mol. The smallest absolute Gasteiger partial charge is 0.303 e. The Morgan fingerprint density at radius 3 is 2.74 bits per heavy atom. The van der Waals surface area contributed by atoms with Crippen LogP contribution >= 0.6 is 11.6 Å². The third-order valence-corrected chi connectivity index (χ3v) is 4.01. The standard InChI is InChI=1S/C14H15ClN2O2/c15-11-6-10(8-16)2-3-12(11)17-9-14(4-1-5-14)7-13(18)19/h2-3,6,17H,1,4-5,7,9H2,(H,18,19). The number of rotatable bonds is 5. The zero-order chi connectivity index (χ0) is 13.9. The minimum atomic E-state index is -0.757. The second kappa shape index (κ2) is 5.50. The zero-order valence-corrected chi connectivity index (χ0v) is 11.2. The Labute approximate surface area is 117 Å². The lowest BCUT2D eigenvalue weighted by Crippen LogP contribution is -2.38. The van der Waals surface area contributed by atoms with E-state index in [1.807, 2.05) is 6.07 Å². The number of carboxylic acids is 1. The van der Waals surface area contributed by atoms with E-state index in [0.29, 0.717) is 17.1 Å². The molecule has 1 saturated carbocycles. The molecule has 4 nitrogen and oxygen atoms in total. The molecule has 0 radical (unpaired) electrons. The van der Waals surface area contributed by atoms with Gasteiger partial charge in [-0.3, -0.25) is 4.79 Å². The fraction of sp³-hybridized carbons (Fsp3) is 0.429. The molecule has 1 aromatic rings. The van der Waals surface area contributed by atoms with E-state index in [1.54, 1.807) is 18.2 Å².